The minimum absolute atomic E-state index is 0. The molecule has 6 nitrogen and oxygen atoms in total. The minimum Gasteiger partial charge on any atom is -0.396 e. The molecule has 0 heterocycles. The van der Waals surface area contributed by atoms with E-state index in [1.54, 1.807) is 12.1 Å². The highest BCUT2D eigenvalue weighted by Crippen LogP contribution is 2.15. The molecule has 3 rings (SSSR count). The Bertz CT molecular complexity index is 1210. The Morgan fingerprint density at radius 1 is 0.878 bits per heavy atom. The Hall–Kier alpha value is -2.59. The predicted molar refractivity (Wildman–Crippen MR) is 164 cm³/mol. The van der Waals surface area contributed by atoms with Gasteiger partial charge in [0.1, 0.15) is 11.6 Å². The first kappa shape index (κ1) is 36.4. The van der Waals surface area contributed by atoms with E-state index in [1.807, 2.05) is 25.1 Å². The van der Waals surface area contributed by atoms with Gasteiger partial charge in [-0.15, -0.1) is 24.8 Å². The summed E-state index contributed by atoms with van der Waals surface area (Å²) in [5, 5.41) is 29.4. The highest BCUT2D eigenvalue weighted by molar-refractivity contribution is 5.94. The summed E-state index contributed by atoms with van der Waals surface area (Å²) in [6.07, 6.45) is 0.598. The van der Waals surface area contributed by atoms with Crippen LogP contribution in [0.1, 0.15) is 51.5 Å². The Morgan fingerprint density at radius 2 is 1.56 bits per heavy atom. The van der Waals surface area contributed by atoms with Crippen LogP contribution < -0.4 is 16.0 Å². The van der Waals surface area contributed by atoms with Crippen LogP contribution in [0, 0.1) is 18.6 Å². The summed E-state index contributed by atoms with van der Waals surface area (Å²) in [5.41, 5.74) is 4.88. The van der Waals surface area contributed by atoms with Crippen molar-refractivity contribution in [3.63, 3.8) is 0 Å². The van der Waals surface area contributed by atoms with Gasteiger partial charge in [-0.2, -0.15) is 0 Å². The number of rotatable bonds is 15. The molecule has 3 aromatic rings. The maximum absolute atomic E-state index is 13.9. The lowest BCUT2D eigenvalue weighted by Crippen LogP contribution is -2.48. The normalized spacial score (nSPS) is 12.1. The largest absolute Gasteiger partial charge is 0.396 e. The number of hydrogen-bond acceptors (Lipinski definition) is 5. The Balaban J connectivity index is 0.00000420. The van der Waals surface area contributed by atoms with Crippen LogP contribution in [-0.2, 0) is 25.9 Å². The van der Waals surface area contributed by atoms with Crippen molar-refractivity contribution in [3.05, 3.63) is 106 Å². The van der Waals surface area contributed by atoms with E-state index in [4.69, 9.17) is 5.11 Å². The van der Waals surface area contributed by atoms with Gasteiger partial charge < -0.3 is 26.2 Å². The Kier molecular flexibility index (Phi) is 16.7. The van der Waals surface area contributed by atoms with E-state index in [0.717, 1.165) is 29.2 Å². The van der Waals surface area contributed by atoms with E-state index in [2.05, 4.69) is 35.0 Å². The second-order valence-corrected chi connectivity index (χ2v) is 9.89. The SMILES string of the molecule is CCc1cccc(CNC[C@@H](O)[C@H](Cc2cc(F)cc(F)c2)NC(=O)c2cc(C)cc(CNCCCO)c2)c1.Cl.Cl. The third-order valence-electron chi connectivity index (χ3n) is 6.48. The maximum Gasteiger partial charge on any atom is 0.251 e. The summed E-state index contributed by atoms with van der Waals surface area (Å²) in [5.74, 6) is -1.81. The van der Waals surface area contributed by atoms with Crippen LogP contribution >= 0.6 is 24.8 Å². The van der Waals surface area contributed by atoms with E-state index >= 15 is 0 Å². The number of carbonyl (C=O) groups is 1. The second kappa shape index (κ2) is 18.8. The first-order chi connectivity index (χ1) is 18.8. The molecule has 0 aliphatic carbocycles. The van der Waals surface area contributed by atoms with Crippen LogP contribution in [0.3, 0.4) is 0 Å². The maximum atomic E-state index is 13.9. The average Bonchev–Trinajstić information content (AvgIpc) is 2.90. The molecule has 5 N–H and O–H groups in total. The fraction of sp³-hybridized carbons (Fsp3) is 0.387. The van der Waals surface area contributed by atoms with Gasteiger partial charge in [-0.25, -0.2) is 8.78 Å². The molecule has 0 saturated heterocycles. The molecule has 1 amide bonds. The molecule has 41 heavy (non-hydrogen) atoms. The summed E-state index contributed by atoms with van der Waals surface area (Å²) in [4.78, 5) is 13.3. The second-order valence-electron chi connectivity index (χ2n) is 9.89. The van der Waals surface area contributed by atoms with E-state index in [0.29, 0.717) is 37.2 Å². The van der Waals surface area contributed by atoms with Crippen molar-refractivity contribution in [3.8, 4) is 0 Å². The van der Waals surface area contributed by atoms with Crippen molar-refractivity contribution in [2.45, 2.75) is 58.3 Å². The minimum atomic E-state index is -1.01. The van der Waals surface area contributed by atoms with Crippen LogP contribution in [0.15, 0.2) is 60.7 Å². The number of aliphatic hydroxyl groups is 2. The van der Waals surface area contributed by atoms with Crippen molar-refractivity contribution in [1.29, 1.82) is 0 Å². The van der Waals surface area contributed by atoms with Gasteiger partial charge in [0.05, 0.1) is 12.1 Å². The highest BCUT2D eigenvalue weighted by Gasteiger charge is 2.23. The van der Waals surface area contributed by atoms with Gasteiger partial charge in [-0.3, -0.25) is 4.79 Å². The molecule has 0 unspecified atom stereocenters. The molecule has 0 saturated carbocycles. The smallest absolute Gasteiger partial charge is 0.251 e. The Morgan fingerprint density at radius 3 is 2.24 bits per heavy atom. The fourth-order valence-corrected chi connectivity index (χ4v) is 4.52. The summed E-state index contributed by atoms with van der Waals surface area (Å²) in [6, 6.07) is 16.1. The quantitative estimate of drug-likeness (QED) is 0.161. The molecular formula is C31H41Cl2F2N3O3. The molecule has 0 aliphatic rings. The number of halogens is 4. The van der Waals surface area contributed by atoms with Crippen LogP contribution in [0.4, 0.5) is 8.78 Å². The first-order valence-corrected chi connectivity index (χ1v) is 13.4. The van der Waals surface area contributed by atoms with Crippen molar-refractivity contribution >= 4 is 30.7 Å². The molecule has 10 heteroatoms. The molecule has 0 bridgehead atoms. The van der Waals surface area contributed by atoms with Gasteiger partial charge in [0.2, 0.25) is 0 Å². The molecule has 0 spiro atoms. The number of nitrogens with one attached hydrogen (secondary N) is 3. The third-order valence-corrected chi connectivity index (χ3v) is 6.48. The monoisotopic (exact) mass is 611 g/mol. The topological polar surface area (TPSA) is 93.6 Å². The number of hydrogen-bond donors (Lipinski definition) is 5. The van der Waals surface area contributed by atoms with Gasteiger partial charge in [-0.05, 0) is 79.3 Å². The number of benzene rings is 3. The van der Waals surface area contributed by atoms with Gasteiger partial charge >= 0.3 is 0 Å². The lowest BCUT2D eigenvalue weighted by Gasteiger charge is -2.25. The summed E-state index contributed by atoms with van der Waals surface area (Å²) in [7, 11) is 0. The highest BCUT2D eigenvalue weighted by atomic mass is 35.5. The zero-order valence-electron chi connectivity index (χ0n) is 23.5. The molecule has 226 valence electrons. The number of aliphatic hydroxyl groups excluding tert-OH is 2. The lowest BCUT2D eigenvalue weighted by molar-refractivity contribution is 0.0829. The van der Waals surface area contributed by atoms with Crippen LogP contribution in [0.25, 0.3) is 0 Å². The lowest BCUT2D eigenvalue weighted by atomic mass is 9.99. The number of carbonyl (C=O) groups excluding carboxylic acids is 1. The molecule has 0 fully saturated rings. The zero-order valence-corrected chi connectivity index (χ0v) is 25.1. The molecule has 0 radical (unpaired) electrons. The summed E-state index contributed by atoms with van der Waals surface area (Å²) < 4.78 is 27.8. The van der Waals surface area contributed by atoms with E-state index in [-0.39, 0.29) is 50.3 Å². The first-order valence-electron chi connectivity index (χ1n) is 13.4. The van der Waals surface area contributed by atoms with E-state index < -0.39 is 23.8 Å². The van der Waals surface area contributed by atoms with E-state index in [1.165, 1.54) is 17.7 Å². The van der Waals surface area contributed by atoms with Gasteiger partial charge in [0, 0.05) is 37.9 Å². The summed E-state index contributed by atoms with van der Waals surface area (Å²) >= 11 is 0. The van der Waals surface area contributed by atoms with Crippen molar-refractivity contribution in [1.82, 2.24) is 16.0 Å². The van der Waals surface area contributed by atoms with Crippen molar-refractivity contribution in [2.24, 2.45) is 0 Å². The van der Waals surface area contributed by atoms with Crippen LogP contribution in [0.2, 0.25) is 0 Å². The Labute approximate surface area is 253 Å². The number of aryl methyl sites for hydroxylation is 2. The van der Waals surface area contributed by atoms with Gasteiger partial charge in [0.15, 0.2) is 0 Å². The van der Waals surface area contributed by atoms with Crippen molar-refractivity contribution < 1.29 is 23.8 Å². The summed E-state index contributed by atoms with van der Waals surface area (Å²) in [6.45, 7) is 5.99. The van der Waals surface area contributed by atoms with Gasteiger partial charge in [0.25, 0.3) is 5.91 Å². The molecule has 0 aromatic heterocycles. The van der Waals surface area contributed by atoms with Crippen LogP contribution in [0.5, 0.6) is 0 Å². The van der Waals surface area contributed by atoms with Gasteiger partial charge in [-0.1, -0.05) is 42.8 Å². The van der Waals surface area contributed by atoms with Crippen LogP contribution in [-0.4, -0.2) is 48.0 Å². The molecule has 0 aliphatic heterocycles. The fourth-order valence-electron chi connectivity index (χ4n) is 4.52. The van der Waals surface area contributed by atoms with Crippen molar-refractivity contribution in [2.75, 3.05) is 19.7 Å². The standard InChI is InChI=1S/C31H39F2N3O3.2ClH/c1-3-22-6-4-7-23(12-22)18-35-20-30(38)29(16-24-14-27(32)17-28(33)15-24)36-31(39)26-11-21(2)10-25(13-26)19-34-8-5-9-37;;/h4,6-7,10-15,17,29-30,34-35,37-38H,3,5,8-9,16,18-20H2,1-2H3,(H,36,39);2*1H/t29-,30+;;/m0../s1. The number of amides is 1. The zero-order chi connectivity index (χ0) is 28.2. The third kappa shape index (κ3) is 12.4. The molecular weight excluding hydrogens is 571 g/mol. The predicted octanol–water partition coefficient (Wildman–Crippen LogP) is 4.64. The molecule has 2 atom stereocenters. The van der Waals surface area contributed by atoms with E-state index in [9.17, 15) is 18.7 Å². The average molecular weight is 613 g/mol. The molecule has 3 aromatic carbocycles.